The molecule has 1 saturated heterocycles. The Labute approximate surface area is 261 Å². The second-order valence-electron chi connectivity index (χ2n) is 11.6. The van der Waals surface area contributed by atoms with Gasteiger partial charge in [-0.05, 0) is 54.3 Å². The van der Waals surface area contributed by atoms with Gasteiger partial charge < -0.3 is 20.3 Å². The maximum atomic E-state index is 13.3. The van der Waals surface area contributed by atoms with Crippen LogP contribution in [0.2, 0.25) is 0 Å². The second-order valence-corrected chi connectivity index (χ2v) is 11.6. The van der Waals surface area contributed by atoms with Crippen molar-refractivity contribution in [2.75, 3.05) is 35.7 Å². The van der Waals surface area contributed by atoms with Crippen molar-refractivity contribution in [3.8, 4) is 11.3 Å². The van der Waals surface area contributed by atoms with Gasteiger partial charge in [0.05, 0.1) is 18.0 Å². The lowest BCUT2D eigenvalue weighted by Crippen LogP contribution is -2.28. The molecule has 10 nitrogen and oxygen atoms in total. The number of methoxy groups -OCH3 is 1. The zero-order valence-corrected chi connectivity index (χ0v) is 25.8. The zero-order chi connectivity index (χ0) is 31.5. The van der Waals surface area contributed by atoms with Gasteiger partial charge in [-0.2, -0.15) is 19.6 Å². The number of carbonyl (C=O) groups is 1. The van der Waals surface area contributed by atoms with Crippen LogP contribution in [0.1, 0.15) is 50.2 Å². The van der Waals surface area contributed by atoms with Crippen LogP contribution < -0.4 is 15.5 Å². The van der Waals surface area contributed by atoms with Gasteiger partial charge in [-0.3, -0.25) is 9.78 Å². The highest BCUT2D eigenvalue weighted by Gasteiger charge is 2.22. The lowest BCUT2D eigenvalue weighted by atomic mass is 9.99. The summed E-state index contributed by atoms with van der Waals surface area (Å²) in [6.45, 7) is 9.50. The van der Waals surface area contributed by atoms with Gasteiger partial charge in [-0.1, -0.05) is 50.8 Å². The maximum absolute atomic E-state index is 13.3. The van der Waals surface area contributed by atoms with E-state index in [2.05, 4.69) is 47.1 Å². The summed E-state index contributed by atoms with van der Waals surface area (Å²) in [7, 11) is 1.78. The van der Waals surface area contributed by atoms with Crippen molar-refractivity contribution < 1.29 is 13.9 Å². The molecule has 4 heterocycles. The number of pyridine rings is 1. The van der Waals surface area contributed by atoms with E-state index in [9.17, 15) is 9.18 Å². The molecule has 0 radical (unpaired) electrons. The molecular formula is C34H37FN8O2. The summed E-state index contributed by atoms with van der Waals surface area (Å²) in [4.78, 5) is 28.8. The number of anilines is 3. The fraction of sp³-hybridized carbons (Fsp3) is 0.324. The maximum Gasteiger partial charge on any atom is 0.283 e. The number of rotatable bonds is 9. The molecule has 0 spiro atoms. The smallest absolute Gasteiger partial charge is 0.283 e. The van der Waals surface area contributed by atoms with Crippen molar-refractivity contribution in [2.45, 2.75) is 51.7 Å². The predicted molar refractivity (Wildman–Crippen MR) is 175 cm³/mol. The average molecular weight is 609 g/mol. The standard InChI is InChI=1S/C34H37FN8O2/c1-21(2)29-20-38-43-31(29)40-34(42-16-7-9-26(45-4)14-17-42)41-33(43)37-19-24-8-5-6-10-27(24)30-28-12-11-25(39-32(44)22(3)35)18-23(28)13-15-36-30/h5-6,8,10-13,15,18,20-21,26H,3,7,9,14,16-17,19H2,1-2,4H3,(H,39,44)(H,37,40,41). The molecule has 1 aliphatic heterocycles. The Kier molecular flexibility index (Phi) is 8.70. The minimum atomic E-state index is -1.04. The number of ether oxygens (including phenoxy) is 1. The molecule has 3 aromatic heterocycles. The Bertz CT molecular complexity index is 1870. The molecule has 1 amide bonds. The van der Waals surface area contributed by atoms with Crippen molar-refractivity contribution in [1.29, 1.82) is 0 Å². The van der Waals surface area contributed by atoms with Crippen LogP contribution in [0.15, 0.2) is 73.3 Å². The first-order valence-corrected chi connectivity index (χ1v) is 15.2. The molecule has 2 N–H and O–H groups in total. The number of benzene rings is 2. The molecule has 232 valence electrons. The summed E-state index contributed by atoms with van der Waals surface area (Å²) in [5, 5.41) is 12.5. The lowest BCUT2D eigenvalue weighted by molar-refractivity contribution is -0.114. The summed E-state index contributed by atoms with van der Waals surface area (Å²) >= 11 is 0. The van der Waals surface area contributed by atoms with Crippen LogP contribution >= 0.6 is 0 Å². The Morgan fingerprint density at radius 1 is 1.13 bits per heavy atom. The minimum Gasteiger partial charge on any atom is -0.381 e. The number of amides is 1. The molecule has 1 unspecified atom stereocenters. The molecule has 2 aromatic carbocycles. The van der Waals surface area contributed by atoms with Gasteiger partial charge in [0.25, 0.3) is 5.91 Å². The van der Waals surface area contributed by atoms with Gasteiger partial charge in [0.15, 0.2) is 11.5 Å². The summed E-state index contributed by atoms with van der Waals surface area (Å²) in [5.74, 6) is -0.350. The molecule has 1 fully saturated rings. The van der Waals surface area contributed by atoms with Crippen LogP contribution in [0.3, 0.4) is 0 Å². The molecule has 6 rings (SSSR count). The van der Waals surface area contributed by atoms with Gasteiger partial charge >= 0.3 is 0 Å². The molecule has 5 aromatic rings. The molecule has 0 aliphatic carbocycles. The predicted octanol–water partition coefficient (Wildman–Crippen LogP) is 6.50. The van der Waals surface area contributed by atoms with E-state index in [1.165, 1.54) is 0 Å². The Balaban J connectivity index is 1.33. The summed E-state index contributed by atoms with van der Waals surface area (Å²) in [6, 6.07) is 15.3. The monoisotopic (exact) mass is 608 g/mol. The van der Waals surface area contributed by atoms with Gasteiger partial charge in [0.2, 0.25) is 11.9 Å². The first-order chi connectivity index (χ1) is 21.8. The van der Waals surface area contributed by atoms with Gasteiger partial charge in [-0.25, -0.2) is 4.39 Å². The summed E-state index contributed by atoms with van der Waals surface area (Å²) in [6.07, 6.45) is 6.81. The summed E-state index contributed by atoms with van der Waals surface area (Å²) in [5.41, 5.74) is 5.11. The number of nitrogens with one attached hydrogen (secondary N) is 2. The van der Waals surface area contributed by atoms with Crippen LogP contribution in [-0.2, 0) is 16.1 Å². The molecule has 0 saturated carbocycles. The average Bonchev–Trinajstić information content (AvgIpc) is 3.33. The Morgan fingerprint density at radius 3 is 2.78 bits per heavy atom. The highest BCUT2D eigenvalue weighted by molar-refractivity contribution is 6.04. The number of hydrogen-bond donors (Lipinski definition) is 2. The van der Waals surface area contributed by atoms with Crippen LogP contribution in [0, 0.1) is 0 Å². The first-order valence-electron chi connectivity index (χ1n) is 15.2. The Hall–Kier alpha value is -4.90. The first kappa shape index (κ1) is 30.1. The van der Waals surface area contributed by atoms with E-state index in [-0.39, 0.29) is 12.0 Å². The largest absolute Gasteiger partial charge is 0.381 e. The van der Waals surface area contributed by atoms with Gasteiger partial charge in [0.1, 0.15) is 0 Å². The zero-order valence-electron chi connectivity index (χ0n) is 25.8. The van der Waals surface area contributed by atoms with Crippen LogP contribution in [0.25, 0.3) is 27.7 Å². The van der Waals surface area contributed by atoms with E-state index in [1.54, 1.807) is 30.0 Å². The molecule has 0 bridgehead atoms. The number of hydrogen-bond acceptors (Lipinski definition) is 8. The fourth-order valence-corrected chi connectivity index (χ4v) is 5.80. The topological polar surface area (TPSA) is 110 Å². The number of fused-ring (bicyclic) bond motifs is 2. The van der Waals surface area contributed by atoms with Crippen molar-refractivity contribution in [3.63, 3.8) is 0 Å². The summed E-state index contributed by atoms with van der Waals surface area (Å²) < 4.78 is 20.7. The van der Waals surface area contributed by atoms with Crippen molar-refractivity contribution in [1.82, 2.24) is 24.6 Å². The normalized spacial score (nSPS) is 15.4. The third-order valence-corrected chi connectivity index (χ3v) is 8.27. The van der Waals surface area contributed by atoms with Gasteiger partial charge in [-0.15, -0.1) is 0 Å². The molecule has 11 heteroatoms. The van der Waals surface area contributed by atoms with E-state index in [4.69, 9.17) is 19.7 Å². The van der Waals surface area contributed by atoms with E-state index in [0.717, 1.165) is 71.2 Å². The van der Waals surface area contributed by atoms with Crippen molar-refractivity contribution in [3.05, 3.63) is 84.5 Å². The van der Waals surface area contributed by atoms with Crippen LogP contribution in [0.5, 0.6) is 0 Å². The molecule has 1 atom stereocenters. The number of aromatic nitrogens is 5. The van der Waals surface area contributed by atoms with E-state index in [1.807, 2.05) is 36.5 Å². The third kappa shape index (κ3) is 6.34. The quantitative estimate of drug-likeness (QED) is 0.183. The van der Waals surface area contributed by atoms with Crippen LogP contribution in [-0.4, -0.2) is 56.8 Å². The minimum absolute atomic E-state index is 0.247. The highest BCUT2D eigenvalue weighted by atomic mass is 19.1. The van der Waals surface area contributed by atoms with Crippen LogP contribution in [0.4, 0.5) is 22.0 Å². The number of halogens is 1. The van der Waals surface area contributed by atoms with E-state index >= 15 is 0 Å². The Morgan fingerprint density at radius 2 is 1.98 bits per heavy atom. The van der Waals surface area contributed by atoms with Gasteiger partial charge in [0, 0.05) is 55.1 Å². The third-order valence-electron chi connectivity index (χ3n) is 8.27. The lowest BCUT2D eigenvalue weighted by Gasteiger charge is -2.22. The highest BCUT2D eigenvalue weighted by Crippen LogP contribution is 2.32. The van der Waals surface area contributed by atoms with Crippen molar-refractivity contribution >= 4 is 39.9 Å². The van der Waals surface area contributed by atoms with Crippen molar-refractivity contribution in [2.24, 2.45) is 0 Å². The number of nitrogens with zero attached hydrogens (tertiary/aromatic N) is 6. The molecule has 45 heavy (non-hydrogen) atoms. The SMILES string of the molecule is C=C(F)C(=O)Nc1ccc2c(-c3ccccc3CNc3nc(N4CCCC(OC)CC4)nc4c(C(C)C)cnn34)nccc2c1. The second kappa shape index (κ2) is 13.0. The van der Waals surface area contributed by atoms with E-state index in [0.29, 0.717) is 24.1 Å². The fourth-order valence-electron chi connectivity index (χ4n) is 5.80. The molecule has 1 aliphatic rings. The van der Waals surface area contributed by atoms with E-state index < -0.39 is 11.7 Å². The number of carbonyl (C=O) groups excluding carboxylic acids is 1. The molecular weight excluding hydrogens is 571 g/mol.